The van der Waals surface area contributed by atoms with Crippen molar-refractivity contribution < 1.29 is 4.42 Å². The smallest absolute Gasteiger partial charge is 0.227 e. The maximum absolute atomic E-state index is 6.59. The number of nitrogens with zero attached hydrogens (tertiary/aromatic N) is 2. The second kappa shape index (κ2) is 12.4. The van der Waals surface area contributed by atoms with Crippen LogP contribution in [0.4, 0.5) is 17.1 Å². The molecule has 0 bridgehead atoms. The number of oxazole rings is 1. The van der Waals surface area contributed by atoms with E-state index < -0.39 is 0 Å². The zero-order valence-corrected chi connectivity index (χ0v) is 28.3. The first-order valence-corrected chi connectivity index (χ1v) is 17.6. The van der Waals surface area contributed by atoms with Gasteiger partial charge in [0.2, 0.25) is 5.89 Å². The maximum Gasteiger partial charge on any atom is 0.227 e. The van der Waals surface area contributed by atoms with Crippen LogP contribution in [0.3, 0.4) is 0 Å². The average Bonchev–Trinajstić information content (AvgIpc) is 3.68. The molecule has 0 spiro atoms. The first-order valence-electron chi connectivity index (χ1n) is 17.6. The third-order valence-corrected chi connectivity index (χ3v) is 10.1. The van der Waals surface area contributed by atoms with E-state index in [4.69, 9.17) is 9.40 Å². The van der Waals surface area contributed by atoms with Gasteiger partial charge in [0, 0.05) is 33.4 Å². The summed E-state index contributed by atoms with van der Waals surface area (Å²) in [5, 5.41) is 6.84. The molecular weight excluding hydrogens is 633 g/mol. The predicted molar refractivity (Wildman–Crippen MR) is 218 cm³/mol. The topological polar surface area (TPSA) is 29.3 Å². The Morgan fingerprint density at radius 2 is 0.962 bits per heavy atom. The van der Waals surface area contributed by atoms with Crippen LogP contribution in [0.5, 0.6) is 0 Å². The predicted octanol–water partition coefficient (Wildman–Crippen LogP) is 13.8. The molecule has 10 aromatic rings. The van der Waals surface area contributed by atoms with Crippen molar-refractivity contribution in [3.63, 3.8) is 0 Å². The first-order chi connectivity index (χ1) is 25.8. The van der Waals surface area contributed by atoms with Gasteiger partial charge in [-0.15, -0.1) is 0 Å². The molecule has 0 radical (unpaired) electrons. The van der Waals surface area contributed by atoms with Crippen molar-refractivity contribution in [1.82, 2.24) is 4.98 Å². The normalized spacial score (nSPS) is 11.5. The number of hydrogen-bond acceptors (Lipinski definition) is 3. The molecule has 0 amide bonds. The van der Waals surface area contributed by atoms with Crippen LogP contribution in [0.15, 0.2) is 199 Å². The Hall–Kier alpha value is -6.97. The lowest BCUT2D eigenvalue weighted by molar-refractivity contribution is 0.623. The summed E-state index contributed by atoms with van der Waals surface area (Å²) >= 11 is 0. The monoisotopic (exact) mass is 664 g/mol. The summed E-state index contributed by atoms with van der Waals surface area (Å²) in [6.45, 7) is 0. The van der Waals surface area contributed by atoms with Crippen LogP contribution in [0.25, 0.3) is 77.1 Å². The molecule has 9 aromatic carbocycles. The van der Waals surface area contributed by atoms with Crippen LogP contribution in [-0.2, 0) is 0 Å². The maximum atomic E-state index is 6.59. The van der Waals surface area contributed by atoms with E-state index in [1.807, 2.05) is 30.3 Å². The highest BCUT2D eigenvalue weighted by molar-refractivity contribution is 6.24. The Labute approximate surface area is 301 Å². The molecule has 0 atom stereocenters. The van der Waals surface area contributed by atoms with Gasteiger partial charge in [0.25, 0.3) is 0 Å². The SMILES string of the molecule is c1ccc(-c2ccc3c(c2)c2cc(N(c4ccccc4)c4ccc(-c5cccc6ccccc56)cc4)ccc2c2nc(-c4ccccc4)oc32)cc1. The van der Waals surface area contributed by atoms with E-state index in [2.05, 4.69) is 169 Å². The largest absolute Gasteiger partial charge is 0.435 e. The molecule has 52 heavy (non-hydrogen) atoms. The van der Waals surface area contributed by atoms with Crippen molar-refractivity contribution in [2.75, 3.05) is 4.90 Å². The molecule has 0 saturated heterocycles. The van der Waals surface area contributed by atoms with Crippen molar-refractivity contribution in [3.05, 3.63) is 194 Å². The van der Waals surface area contributed by atoms with Gasteiger partial charge in [-0.2, -0.15) is 0 Å². The Balaban J connectivity index is 1.18. The van der Waals surface area contributed by atoms with Crippen molar-refractivity contribution >= 4 is 60.5 Å². The highest BCUT2D eigenvalue weighted by atomic mass is 16.3. The summed E-state index contributed by atoms with van der Waals surface area (Å²) in [5.41, 5.74) is 10.6. The summed E-state index contributed by atoms with van der Waals surface area (Å²) in [6, 6.07) is 68.7. The molecule has 3 heteroatoms. The second-order valence-corrected chi connectivity index (χ2v) is 13.2. The quantitative estimate of drug-likeness (QED) is 0.166. The number of benzene rings is 9. The third kappa shape index (κ3) is 5.10. The summed E-state index contributed by atoms with van der Waals surface area (Å²) in [7, 11) is 0. The fourth-order valence-corrected chi connectivity index (χ4v) is 7.56. The number of fused-ring (bicyclic) bond motifs is 7. The van der Waals surface area contributed by atoms with E-state index in [1.165, 1.54) is 27.5 Å². The van der Waals surface area contributed by atoms with Gasteiger partial charge in [0.1, 0.15) is 5.52 Å². The van der Waals surface area contributed by atoms with Gasteiger partial charge in [-0.05, 0) is 111 Å². The van der Waals surface area contributed by atoms with E-state index in [0.29, 0.717) is 5.89 Å². The molecule has 0 fully saturated rings. The lowest BCUT2D eigenvalue weighted by Crippen LogP contribution is -2.09. The Bertz CT molecular complexity index is 2870. The number of aromatic nitrogens is 1. The molecule has 0 aliphatic heterocycles. The van der Waals surface area contributed by atoms with Gasteiger partial charge in [0.15, 0.2) is 5.58 Å². The van der Waals surface area contributed by atoms with Gasteiger partial charge in [-0.25, -0.2) is 4.98 Å². The highest BCUT2D eigenvalue weighted by Crippen LogP contribution is 2.43. The minimum Gasteiger partial charge on any atom is -0.435 e. The molecular formula is C49H32N2O. The number of para-hydroxylation sites is 1. The van der Waals surface area contributed by atoms with Crippen molar-refractivity contribution in [2.45, 2.75) is 0 Å². The van der Waals surface area contributed by atoms with E-state index >= 15 is 0 Å². The zero-order valence-electron chi connectivity index (χ0n) is 28.3. The molecule has 244 valence electrons. The second-order valence-electron chi connectivity index (χ2n) is 13.2. The molecule has 0 aliphatic rings. The minimum atomic E-state index is 0.623. The van der Waals surface area contributed by atoms with Crippen LogP contribution in [0.2, 0.25) is 0 Å². The highest BCUT2D eigenvalue weighted by Gasteiger charge is 2.20. The van der Waals surface area contributed by atoms with Crippen LogP contribution in [0.1, 0.15) is 0 Å². The third-order valence-electron chi connectivity index (χ3n) is 10.1. The average molecular weight is 665 g/mol. The minimum absolute atomic E-state index is 0.623. The summed E-state index contributed by atoms with van der Waals surface area (Å²) < 4.78 is 6.59. The summed E-state index contributed by atoms with van der Waals surface area (Å²) in [5.74, 6) is 0.623. The van der Waals surface area contributed by atoms with Gasteiger partial charge in [-0.3, -0.25) is 0 Å². The van der Waals surface area contributed by atoms with Crippen LogP contribution < -0.4 is 4.90 Å². The number of rotatable bonds is 6. The molecule has 10 rings (SSSR count). The van der Waals surface area contributed by atoms with Crippen LogP contribution >= 0.6 is 0 Å². The van der Waals surface area contributed by atoms with Gasteiger partial charge >= 0.3 is 0 Å². The fourth-order valence-electron chi connectivity index (χ4n) is 7.56. The Morgan fingerprint density at radius 3 is 1.75 bits per heavy atom. The van der Waals surface area contributed by atoms with E-state index in [9.17, 15) is 0 Å². The van der Waals surface area contributed by atoms with Crippen LogP contribution in [-0.4, -0.2) is 4.98 Å². The van der Waals surface area contributed by atoms with Crippen LogP contribution in [0, 0.1) is 0 Å². The zero-order chi connectivity index (χ0) is 34.4. The molecule has 0 aliphatic carbocycles. The molecule has 0 N–H and O–H groups in total. The van der Waals surface area contributed by atoms with E-state index in [1.54, 1.807) is 0 Å². The molecule has 0 saturated carbocycles. The molecule has 0 unspecified atom stereocenters. The fraction of sp³-hybridized carbons (Fsp3) is 0. The molecule has 1 aromatic heterocycles. The first kappa shape index (κ1) is 29.9. The van der Waals surface area contributed by atoms with Gasteiger partial charge in [0.05, 0.1) is 0 Å². The molecule has 1 heterocycles. The van der Waals surface area contributed by atoms with Gasteiger partial charge in [-0.1, -0.05) is 127 Å². The summed E-state index contributed by atoms with van der Waals surface area (Å²) in [6.07, 6.45) is 0. The molecule has 3 nitrogen and oxygen atoms in total. The summed E-state index contributed by atoms with van der Waals surface area (Å²) in [4.78, 5) is 7.45. The number of hydrogen-bond donors (Lipinski definition) is 0. The standard InChI is InChI=1S/C49H32N2O/c1-4-13-33(14-5-1)37-25-29-44-45(31-37)46-32-40(28-30-43(46)47-48(44)52-49(50-47)36-16-6-2-7-17-36)51(38-19-8-3-9-20-38)39-26-23-35(24-27-39)42-22-12-18-34-15-10-11-21-41(34)42/h1-32H. The lowest BCUT2D eigenvalue weighted by Gasteiger charge is -2.26. The van der Waals surface area contributed by atoms with E-state index in [-0.39, 0.29) is 0 Å². The van der Waals surface area contributed by atoms with Crippen molar-refractivity contribution in [3.8, 4) is 33.7 Å². The number of anilines is 3. The lowest BCUT2D eigenvalue weighted by atomic mass is 9.95. The van der Waals surface area contributed by atoms with Crippen molar-refractivity contribution in [1.29, 1.82) is 0 Å². The van der Waals surface area contributed by atoms with Gasteiger partial charge < -0.3 is 9.32 Å². The Kier molecular flexibility index (Phi) is 7.14. The Morgan fingerprint density at radius 1 is 0.365 bits per heavy atom. The van der Waals surface area contributed by atoms with E-state index in [0.717, 1.165) is 60.8 Å². The van der Waals surface area contributed by atoms with Crippen molar-refractivity contribution in [2.24, 2.45) is 0 Å².